The van der Waals surface area contributed by atoms with Gasteiger partial charge in [0, 0.05) is 0 Å². The van der Waals surface area contributed by atoms with Gasteiger partial charge in [0.25, 0.3) is 0 Å². The molecule has 0 rings (SSSR count). The molecule has 0 aromatic heterocycles. The first-order chi connectivity index (χ1) is 5.27. The van der Waals surface area contributed by atoms with Crippen molar-refractivity contribution in [3.8, 4) is 0 Å². The van der Waals surface area contributed by atoms with Crippen LogP contribution >= 0.6 is 0 Å². The van der Waals surface area contributed by atoms with Crippen LogP contribution in [0.4, 0.5) is 0 Å². The van der Waals surface area contributed by atoms with Gasteiger partial charge in [-0.3, -0.25) is 0 Å². The largest absolute Gasteiger partial charge is 0.100 e. The molecule has 0 radical (unpaired) electrons. The summed E-state index contributed by atoms with van der Waals surface area (Å²) in [6.45, 7) is 9.44. The van der Waals surface area contributed by atoms with E-state index in [9.17, 15) is 0 Å². The Balaban J connectivity index is 3.37. The van der Waals surface area contributed by atoms with Crippen LogP contribution in [-0.4, -0.2) is 0 Å². The van der Waals surface area contributed by atoms with Crippen LogP contribution in [0.2, 0.25) is 0 Å². The molecule has 0 atom stereocenters. The third kappa shape index (κ3) is 8.96. The van der Waals surface area contributed by atoms with Gasteiger partial charge in [0.05, 0.1) is 0 Å². The molecule has 0 unspecified atom stereocenters. The van der Waals surface area contributed by atoms with Crippen LogP contribution in [0, 0.1) is 0 Å². The highest BCUT2D eigenvalue weighted by Gasteiger charge is 1.80. The van der Waals surface area contributed by atoms with Crippen LogP contribution in [0.25, 0.3) is 0 Å². The standard InChI is InChI=1S/C11H16/c1-4-5-6-7-8-9-10-11(2)3/h4-8H,1-2,9-10H2,3H3/b6-5-,8-7-. The average Bonchev–Trinajstić information content (AvgIpc) is 1.96. The molecule has 0 aromatic rings. The third-order valence-electron chi connectivity index (χ3n) is 1.23. The Kier molecular flexibility index (Phi) is 6.40. The maximum atomic E-state index is 3.82. The van der Waals surface area contributed by atoms with Gasteiger partial charge in [-0.15, -0.1) is 6.58 Å². The van der Waals surface area contributed by atoms with Crippen molar-refractivity contribution in [2.45, 2.75) is 19.8 Å². The quantitative estimate of drug-likeness (QED) is 0.412. The summed E-state index contributed by atoms with van der Waals surface area (Å²) in [6, 6.07) is 0. The lowest BCUT2D eigenvalue weighted by Gasteiger charge is -1.90. The molecular weight excluding hydrogens is 132 g/mol. The van der Waals surface area contributed by atoms with Gasteiger partial charge in [0.1, 0.15) is 0 Å². The molecule has 0 amide bonds. The molecular formula is C11H16. The zero-order valence-electron chi connectivity index (χ0n) is 7.22. The van der Waals surface area contributed by atoms with Gasteiger partial charge >= 0.3 is 0 Å². The van der Waals surface area contributed by atoms with Crippen LogP contribution in [0.1, 0.15) is 19.8 Å². The van der Waals surface area contributed by atoms with Gasteiger partial charge in [-0.2, -0.15) is 0 Å². The second-order valence-corrected chi connectivity index (χ2v) is 2.54. The maximum Gasteiger partial charge on any atom is -0.0291 e. The van der Waals surface area contributed by atoms with E-state index in [0.717, 1.165) is 12.8 Å². The van der Waals surface area contributed by atoms with E-state index >= 15 is 0 Å². The molecule has 0 saturated carbocycles. The lowest BCUT2D eigenvalue weighted by molar-refractivity contribution is 0.984. The summed E-state index contributed by atoms with van der Waals surface area (Å²) in [5.74, 6) is 0. The normalized spacial score (nSPS) is 11.0. The van der Waals surface area contributed by atoms with Crippen LogP contribution in [0.15, 0.2) is 49.1 Å². The number of hydrogen-bond acceptors (Lipinski definition) is 0. The smallest absolute Gasteiger partial charge is 0.0291 e. The van der Waals surface area contributed by atoms with Crippen molar-refractivity contribution < 1.29 is 0 Å². The van der Waals surface area contributed by atoms with Crippen molar-refractivity contribution in [3.63, 3.8) is 0 Å². The molecule has 0 heterocycles. The zero-order chi connectivity index (χ0) is 8.53. The van der Waals surface area contributed by atoms with Crippen LogP contribution < -0.4 is 0 Å². The van der Waals surface area contributed by atoms with Crippen molar-refractivity contribution >= 4 is 0 Å². The Bertz CT molecular complexity index is 170. The van der Waals surface area contributed by atoms with Crippen molar-refractivity contribution in [1.82, 2.24) is 0 Å². The first-order valence-corrected chi connectivity index (χ1v) is 3.86. The molecule has 11 heavy (non-hydrogen) atoms. The Morgan fingerprint density at radius 1 is 1.27 bits per heavy atom. The van der Waals surface area contributed by atoms with E-state index in [1.165, 1.54) is 5.57 Å². The van der Waals surface area contributed by atoms with Crippen molar-refractivity contribution in [2.24, 2.45) is 0 Å². The van der Waals surface area contributed by atoms with Gasteiger partial charge in [-0.25, -0.2) is 0 Å². The van der Waals surface area contributed by atoms with Crippen LogP contribution in [-0.2, 0) is 0 Å². The monoisotopic (exact) mass is 148 g/mol. The first-order valence-electron chi connectivity index (χ1n) is 3.86. The molecule has 0 saturated heterocycles. The van der Waals surface area contributed by atoms with Gasteiger partial charge in [-0.1, -0.05) is 42.5 Å². The second kappa shape index (κ2) is 7.07. The van der Waals surface area contributed by atoms with Gasteiger partial charge in [0.2, 0.25) is 0 Å². The molecule has 0 bridgehead atoms. The number of rotatable bonds is 5. The molecule has 0 aliphatic carbocycles. The first kappa shape index (κ1) is 9.96. The summed E-state index contributed by atoms with van der Waals surface area (Å²) in [5.41, 5.74) is 1.24. The summed E-state index contributed by atoms with van der Waals surface area (Å²) in [4.78, 5) is 0. The van der Waals surface area contributed by atoms with E-state index in [0.29, 0.717) is 0 Å². The minimum absolute atomic E-state index is 1.08. The summed E-state index contributed by atoms with van der Waals surface area (Å²) >= 11 is 0. The summed E-state index contributed by atoms with van der Waals surface area (Å²) < 4.78 is 0. The Morgan fingerprint density at radius 2 is 2.00 bits per heavy atom. The van der Waals surface area contributed by atoms with Crippen molar-refractivity contribution in [1.29, 1.82) is 0 Å². The molecule has 0 fully saturated rings. The Hall–Kier alpha value is -1.04. The molecule has 0 aliphatic heterocycles. The fraction of sp³-hybridized carbons (Fsp3) is 0.273. The fourth-order valence-electron chi connectivity index (χ4n) is 0.647. The zero-order valence-corrected chi connectivity index (χ0v) is 7.22. The van der Waals surface area contributed by atoms with E-state index in [1.807, 2.05) is 25.2 Å². The minimum atomic E-state index is 1.08. The predicted molar refractivity (Wildman–Crippen MR) is 52.5 cm³/mol. The van der Waals surface area contributed by atoms with E-state index in [4.69, 9.17) is 0 Å². The van der Waals surface area contributed by atoms with Crippen molar-refractivity contribution in [3.05, 3.63) is 49.1 Å². The van der Waals surface area contributed by atoms with E-state index in [2.05, 4.69) is 19.2 Å². The highest BCUT2D eigenvalue weighted by atomic mass is 13.9. The lowest BCUT2D eigenvalue weighted by atomic mass is 10.2. The lowest BCUT2D eigenvalue weighted by Crippen LogP contribution is -1.70. The molecule has 0 nitrogen and oxygen atoms in total. The predicted octanol–water partition coefficient (Wildman–Crippen LogP) is 3.64. The molecule has 0 heteroatoms. The van der Waals surface area contributed by atoms with Crippen LogP contribution in [0.3, 0.4) is 0 Å². The molecule has 60 valence electrons. The molecule has 0 aliphatic rings. The van der Waals surface area contributed by atoms with E-state index in [1.54, 1.807) is 6.08 Å². The van der Waals surface area contributed by atoms with Gasteiger partial charge in [0.15, 0.2) is 0 Å². The molecule has 0 N–H and O–H groups in total. The fourth-order valence-corrected chi connectivity index (χ4v) is 0.647. The SMILES string of the molecule is C=C/C=C\C=C/CCC(=C)C. The Labute approximate surface area is 69.6 Å². The Morgan fingerprint density at radius 3 is 2.55 bits per heavy atom. The topological polar surface area (TPSA) is 0 Å². The van der Waals surface area contributed by atoms with Crippen molar-refractivity contribution in [2.75, 3.05) is 0 Å². The maximum absolute atomic E-state index is 3.82. The summed E-state index contributed by atoms with van der Waals surface area (Å²) in [7, 11) is 0. The minimum Gasteiger partial charge on any atom is -0.100 e. The highest BCUT2D eigenvalue weighted by molar-refractivity contribution is 5.09. The number of allylic oxidation sites excluding steroid dienone is 6. The van der Waals surface area contributed by atoms with E-state index < -0.39 is 0 Å². The van der Waals surface area contributed by atoms with E-state index in [-0.39, 0.29) is 0 Å². The summed E-state index contributed by atoms with van der Waals surface area (Å²) in [5, 5.41) is 0. The third-order valence-corrected chi connectivity index (χ3v) is 1.23. The van der Waals surface area contributed by atoms with Crippen LogP contribution in [0.5, 0.6) is 0 Å². The summed E-state index contributed by atoms with van der Waals surface area (Å²) in [6.07, 6.45) is 12.0. The molecule has 0 aromatic carbocycles. The number of hydrogen-bond donors (Lipinski definition) is 0. The molecule has 0 spiro atoms. The highest BCUT2D eigenvalue weighted by Crippen LogP contribution is 2.00. The second-order valence-electron chi connectivity index (χ2n) is 2.54. The van der Waals surface area contributed by atoms with Gasteiger partial charge in [-0.05, 0) is 19.8 Å². The van der Waals surface area contributed by atoms with Gasteiger partial charge < -0.3 is 0 Å². The average molecular weight is 148 g/mol.